The molecule has 1 aromatic heterocycles. The minimum Gasteiger partial charge on any atom is -0.489 e. The highest BCUT2D eigenvalue weighted by Gasteiger charge is 2.41. The monoisotopic (exact) mass is 449 g/mol. The smallest absolute Gasteiger partial charge is 0.327 e. The Balaban J connectivity index is 1.48. The molecule has 1 atom stereocenters. The van der Waals surface area contributed by atoms with E-state index in [2.05, 4.69) is 15.3 Å². The van der Waals surface area contributed by atoms with Crippen molar-refractivity contribution in [3.05, 3.63) is 133 Å². The lowest BCUT2D eigenvalue weighted by Gasteiger charge is -2.27. The van der Waals surface area contributed by atoms with Crippen molar-refractivity contribution in [2.45, 2.75) is 12.5 Å². The van der Waals surface area contributed by atoms with E-state index in [1.165, 1.54) is 0 Å². The first-order valence-corrected chi connectivity index (χ1v) is 10.9. The van der Waals surface area contributed by atoms with Crippen LogP contribution in [0.5, 0.6) is 5.75 Å². The molecule has 6 rings (SSSR count). The van der Waals surface area contributed by atoms with Gasteiger partial charge in [0.2, 0.25) is 0 Å². The minimum atomic E-state index is -0.674. The summed E-state index contributed by atoms with van der Waals surface area (Å²) in [6, 6.07) is 24.5. The fourth-order valence-electron chi connectivity index (χ4n) is 4.71. The molecule has 1 aliphatic heterocycles. The largest absolute Gasteiger partial charge is 0.489 e. The lowest BCUT2D eigenvalue weighted by atomic mass is 9.81. The maximum atomic E-state index is 13.5. The Morgan fingerprint density at radius 2 is 1.56 bits per heavy atom. The number of benzene rings is 3. The van der Waals surface area contributed by atoms with Gasteiger partial charge in [-0.05, 0) is 23.3 Å². The number of H-pyrrole nitrogens is 2. The molecule has 3 N–H and O–H groups in total. The van der Waals surface area contributed by atoms with Gasteiger partial charge in [-0.3, -0.25) is 19.6 Å². The first-order chi connectivity index (χ1) is 16.6. The number of carbonyl (C=O) groups is 1. The summed E-state index contributed by atoms with van der Waals surface area (Å²) in [5.41, 5.74) is 3.28. The Hall–Kier alpha value is -4.65. The van der Waals surface area contributed by atoms with Crippen LogP contribution in [0.4, 0.5) is 5.82 Å². The van der Waals surface area contributed by atoms with Gasteiger partial charge in [0.25, 0.3) is 5.56 Å². The highest BCUT2D eigenvalue weighted by Crippen LogP contribution is 2.47. The SMILES string of the molecule is O=C1C2=C(Nc3[nH]c(=O)[nH]c(=O)c3C2c2cccc(OCc3ccccc3)c2)c2ccccc21. The summed E-state index contributed by atoms with van der Waals surface area (Å²) < 4.78 is 6.00. The van der Waals surface area contributed by atoms with Gasteiger partial charge in [-0.1, -0.05) is 66.7 Å². The lowest BCUT2D eigenvalue weighted by molar-refractivity contribution is 0.103. The van der Waals surface area contributed by atoms with Crippen molar-refractivity contribution in [2.24, 2.45) is 0 Å². The van der Waals surface area contributed by atoms with Crippen LogP contribution in [0.3, 0.4) is 0 Å². The summed E-state index contributed by atoms with van der Waals surface area (Å²) in [5.74, 6) is 0.0898. The Morgan fingerprint density at radius 3 is 2.38 bits per heavy atom. The Labute approximate surface area is 193 Å². The van der Waals surface area contributed by atoms with E-state index < -0.39 is 17.2 Å². The number of hydrogen-bond acceptors (Lipinski definition) is 5. The highest BCUT2D eigenvalue weighted by molar-refractivity contribution is 6.23. The van der Waals surface area contributed by atoms with Gasteiger partial charge in [0.05, 0.1) is 11.3 Å². The molecule has 2 heterocycles. The number of carbonyl (C=O) groups excluding carboxylic acids is 1. The van der Waals surface area contributed by atoms with Crippen LogP contribution in [0.25, 0.3) is 5.70 Å². The van der Waals surface area contributed by atoms with Crippen molar-refractivity contribution in [3.8, 4) is 5.75 Å². The van der Waals surface area contributed by atoms with Crippen LogP contribution in [-0.2, 0) is 6.61 Å². The highest BCUT2D eigenvalue weighted by atomic mass is 16.5. The summed E-state index contributed by atoms with van der Waals surface area (Å²) >= 11 is 0. The average molecular weight is 449 g/mol. The van der Waals surface area contributed by atoms with Crippen LogP contribution in [0.15, 0.2) is 94.0 Å². The number of anilines is 1. The average Bonchev–Trinajstić information content (AvgIpc) is 3.14. The van der Waals surface area contributed by atoms with Crippen molar-refractivity contribution < 1.29 is 9.53 Å². The molecule has 0 saturated heterocycles. The summed E-state index contributed by atoms with van der Waals surface area (Å²) in [4.78, 5) is 43.5. The standard InChI is InChI=1S/C27H19N3O4/c31-24-19-12-5-4-11-18(19)23-21(24)20(22-25(28-23)29-27(33)30-26(22)32)16-9-6-10-17(13-16)34-14-15-7-2-1-3-8-15/h1-13,20H,14H2,(H3,28,29,30,32,33). The van der Waals surface area contributed by atoms with E-state index in [0.717, 1.165) is 16.7 Å². The number of aromatic amines is 2. The second-order valence-electron chi connectivity index (χ2n) is 8.27. The molecular weight excluding hydrogens is 430 g/mol. The molecule has 166 valence electrons. The van der Waals surface area contributed by atoms with Crippen LogP contribution in [-0.4, -0.2) is 15.8 Å². The summed E-state index contributed by atoms with van der Waals surface area (Å²) in [6.45, 7) is 0.388. The molecule has 0 spiro atoms. The van der Waals surface area contributed by atoms with E-state index in [0.29, 0.717) is 34.8 Å². The zero-order chi connectivity index (χ0) is 23.2. The van der Waals surface area contributed by atoms with Crippen molar-refractivity contribution in [1.82, 2.24) is 9.97 Å². The number of ketones is 1. The van der Waals surface area contributed by atoms with E-state index in [1.807, 2.05) is 72.8 Å². The summed E-state index contributed by atoms with van der Waals surface area (Å²) in [5, 5.41) is 3.14. The first kappa shape index (κ1) is 20.0. The molecule has 0 bridgehead atoms. The molecule has 0 radical (unpaired) electrons. The third-order valence-corrected chi connectivity index (χ3v) is 6.20. The third-order valence-electron chi connectivity index (χ3n) is 6.20. The van der Waals surface area contributed by atoms with Crippen molar-refractivity contribution in [1.29, 1.82) is 0 Å². The molecule has 1 unspecified atom stereocenters. The van der Waals surface area contributed by atoms with Gasteiger partial charge < -0.3 is 10.1 Å². The van der Waals surface area contributed by atoms with Gasteiger partial charge in [0, 0.05) is 22.6 Å². The molecule has 1 aliphatic carbocycles. The maximum absolute atomic E-state index is 13.5. The molecule has 2 aliphatic rings. The van der Waals surface area contributed by atoms with Crippen LogP contribution in [0.1, 0.15) is 38.5 Å². The fraction of sp³-hybridized carbons (Fsp3) is 0.0741. The topological polar surface area (TPSA) is 104 Å². The molecule has 4 aromatic rings. The van der Waals surface area contributed by atoms with Crippen LogP contribution < -0.4 is 21.3 Å². The molecule has 0 saturated carbocycles. The van der Waals surface area contributed by atoms with Crippen molar-refractivity contribution >= 4 is 17.3 Å². The van der Waals surface area contributed by atoms with Crippen LogP contribution in [0.2, 0.25) is 0 Å². The normalized spacial score (nSPS) is 15.9. The molecule has 0 amide bonds. The number of rotatable bonds is 4. The second kappa shape index (κ2) is 7.74. The van der Waals surface area contributed by atoms with Gasteiger partial charge >= 0.3 is 5.69 Å². The van der Waals surface area contributed by atoms with Crippen LogP contribution in [0, 0.1) is 0 Å². The Kier molecular flexibility index (Phi) is 4.55. The molecule has 7 nitrogen and oxygen atoms in total. The number of hydrogen-bond donors (Lipinski definition) is 3. The van der Waals surface area contributed by atoms with E-state index in [9.17, 15) is 14.4 Å². The minimum absolute atomic E-state index is 0.144. The molecular formula is C27H19N3O4. The quantitative estimate of drug-likeness (QED) is 0.440. The molecule has 3 aromatic carbocycles. The van der Waals surface area contributed by atoms with E-state index in [-0.39, 0.29) is 11.6 Å². The maximum Gasteiger partial charge on any atom is 0.327 e. The predicted octanol–water partition coefficient (Wildman–Crippen LogP) is 3.81. The molecule has 0 fully saturated rings. The number of Topliss-reactive ketones (excluding diaryl/α,β-unsaturated/α-hetero) is 1. The summed E-state index contributed by atoms with van der Waals surface area (Å²) in [7, 11) is 0. The number of allylic oxidation sites excluding steroid dienone is 1. The van der Waals surface area contributed by atoms with Gasteiger partial charge in [-0.15, -0.1) is 0 Å². The van der Waals surface area contributed by atoms with Gasteiger partial charge in [0.15, 0.2) is 5.78 Å². The Morgan fingerprint density at radius 1 is 0.794 bits per heavy atom. The first-order valence-electron chi connectivity index (χ1n) is 10.9. The Bertz CT molecular complexity index is 1600. The van der Waals surface area contributed by atoms with E-state index in [4.69, 9.17) is 4.74 Å². The van der Waals surface area contributed by atoms with E-state index in [1.54, 1.807) is 6.07 Å². The second-order valence-corrected chi connectivity index (χ2v) is 8.27. The predicted molar refractivity (Wildman–Crippen MR) is 128 cm³/mol. The van der Waals surface area contributed by atoms with Gasteiger partial charge in [-0.2, -0.15) is 0 Å². The zero-order valence-corrected chi connectivity index (χ0v) is 17.9. The summed E-state index contributed by atoms with van der Waals surface area (Å²) in [6.07, 6.45) is 0. The number of aromatic nitrogens is 2. The number of nitrogens with one attached hydrogen (secondary N) is 3. The van der Waals surface area contributed by atoms with Gasteiger partial charge in [0.1, 0.15) is 18.2 Å². The van der Waals surface area contributed by atoms with Crippen LogP contribution >= 0.6 is 0 Å². The molecule has 7 heteroatoms. The third kappa shape index (κ3) is 3.17. The number of ether oxygens (including phenoxy) is 1. The van der Waals surface area contributed by atoms with Crippen molar-refractivity contribution in [2.75, 3.05) is 5.32 Å². The fourth-order valence-corrected chi connectivity index (χ4v) is 4.71. The zero-order valence-electron chi connectivity index (χ0n) is 17.9. The van der Waals surface area contributed by atoms with Gasteiger partial charge in [-0.25, -0.2) is 4.79 Å². The number of fused-ring (bicyclic) bond motifs is 3. The van der Waals surface area contributed by atoms with Crippen molar-refractivity contribution in [3.63, 3.8) is 0 Å². The lowest BCUT2D eigenvalue weighted by Crippen LogP contribution is -2.33. The molecule has 34 heavy (non-hydrogen) atoms. The van der Waals surface area contributed by atoms with E-state index >= 15 is 0 Å².